The highest BCUT2D eigenvalue weighted by Crippen LogP contribution is 2.90. The second-order valence-corrected chi connectivity index (χ2v) is 9.24. The third-order valence-corrected chi connectivity index (χ3v) is 8.02. The van der Waals surface area contributed by atoms with Crippen LogP contribution in [0.5, 0.6) is 0 Å². The minimum atomic E-state index is -0.658. The van der Waals surface area contributed by atoms with Gasteiger partial charge in [0.05, 0.1) is 28.1 Å². The molecule has 5 nitrogen and oxygen atoms in total. The van der Waals surface area contributed by atoms with Crippen LogP contribution in [0.3, 0.4) is 0 Å². The second kappa shape index (κ2) is 6.01. The van der Waals surface area contributed by atoms with Gasteiger partial charge in [-0.25, -0.2) is 23.7 Å². The fourth-order valence-electron chi connectivity index (χ4n) is 6.41. The van der Waals surface area contributed by atoms with Crippen molar-refractivity contribution in [1.82, 2.24) is 25.1 Å². The number of pyridine rings is 1. The van der Waals surface area contributed by atoms with E-state index in [-0.39, 0.29) is 22.6 Å². The lowest BCUT2D eigenvalue weighted by Crippen LogP contribution is -2.46. The molecule has 0 amide bonds. The molecule has 0 N–H and O–H groups in total. The third-order valence-electron chi connectivity index (χ3n) is 8.02. The van der Waals surface area contributed by atoms with Crippen LogP contribution in [0.25, 0.3) is 22.6 Å². The van der Waals surface area contributed by atoms with Gasteiger partial charge >= 0.3 is 0 Å². The number of hydrogen-bond acceptors (Lipinski definition) is 5. The largest absolute Gasteiger partial charge is 0.237 e. The Bertz CT molecular complexity index is 1450. The maximum absolute atomic E-state index is 14.4. The summed E-state index contributed by atoms with van der Waals surface area (Å²) in [5.41, 5.74) is 2.82. The number of aromatic nitrogens is 5. The normalized spacial score (nSPS) is 28.1. The summed E-state index contributed by atoms with van der Waals surface area (Å²) in [5, 5.41) is 8.76. The molecule has 2 saturated carbocycles. The summed E-state index contributed by atoms with van der Waals surface area (Å²) in [6.07, 6.45) is 3.99. The SMILES string of the molecule is CC12C3C[C@]1(c1ccnc(-c4ccc(F)nc4)n1)c1nnc(-c4c(F)cccc4F)cc1[C@H]32. The molecule has 0 aliphatic heterocycles. The summed E-state index contributed by atoms with van der Waals surface area (Å²) in [4.78, 5) is 12.9. The molecule has 2 fully saturated rings. The molecule has 0 saturated heterocycles. The molecule has 7 rings (SSSR count). The Morgan fingerprint density at radius 1 is 0.970 bits per heavy atom. The van der Waals surface area contributed by atoms with Crippen molar-refractivity contribution in [2.75, 3.05) is 0 Å². The Morgan fingerprint density at radius 3 is 2.55 bits per heavy atom. The van der Waals surface area contributed by atoms with Gasteiger partial charge in [0.15, 0.2) is 5.82 Å². The van der Waals surface area contributed by atoms with E-state index >= 15 is 0 Å². The van der Waals surface area contributed by atoms with E-state index in [4.69, 9.17) is 4.98 Å². The van der Waals surface area contributed by atoms with Gasteiger partial charge in [0.1, 0.15) is 11.6 Å². The van der Waals surface area contributed by atoms with Crippen LogP contribution in [0.4, 0.5) is 13.2 Å². The van der Waals surface area contributed by atoms with Gasteiger partial charge in [0.2, 0.25) is 5.95 Å². The lowest BCUT2D eigenvalue weighted by atomic mass is 9.57. The molecule has 0 spiro atoms. The van der Waals surface area contributed by atoms with E-state index < -0.39 is 23.0 Å². The first-order valence-electron chi connectivity index (χ1n) is 10.7. The highest BCUT2D eigenvalue weighted by atomic mass is 19.1. The maximum Gasteiger partial charge on any atom is 0.212 e. The molecule has 3 aromatic heterocycles. The van der Waals surface area contributed by atoms with Crippen LogP contribution in [-0.2, 0) is 5.41 Å². The van der Waals surface area contributed by atoms with Gasteiger partial charge in [-0.15, -0.1) is 5.10 Å². The van der Waals surface area contributed by atoms with Crippen molar-refractivity contribution in [1.29, 1.82) is 0 Å². The van der Waals surface area contributed by atoms with Crippen molar-refractivity contribution in [2.45, 2.75) is 24.7 Å². The highest BCUT2D eigenvalue weighted by molar-refractivity contribution is 5.68. The molecule has 33 heavy (non-hydrogen) atoms. The topological polar surface area (TPSA) is 64.5 Å². The van der Waals surface area contributed by atoms with Crippen molar-refractivity contribution in [3.05, 3.63) is 89.4 Å². The van der Waals surface area contributed by atoms with Gasteiger partial charge in [-0.1, -0.05) is 13.0 Å². The van der Waals surface area contributed by atoms with Crippen LogP contribution >= 0.6 is 0 Å². The summed E-state index contributed by atoms with van der Waals surface area (Å²) >= 11 is 0. The van der Waals surface area contributed by atoms with Gasteiger partial charge in [-0.3, -0.25) is 0 Å². The van der Waals surface area contributed by atoms with Crippen LogP contribution < -0.4 is 0 Å². The zero-order chi connectivity index (χ0) is 22.5. The number of benzene rings is 1. The molecule has 3 heterocycles. The fraction of sp³-hybridized carbons (Fsp3) is 0.240. The van der Waals surface area contributed by atoms with Gasteiger partial charge in [-0.05, 0) is 65.6 Å². The number of hydrogen-bond donors (Lipinski definition) is 0. The number of halogens is 3. The van der Waals surface area contributed by atoms with E-state index in [0.29, 0.717) is 17.3 Å². The van der Waals surface area contributed by atoms with Crippen molar-refractivity contribution in [3.63, 3.8) is 0 Å². The first kappa shape index (κ1) is 18.8. The smallest absolute Gasteiger partial charge is 0.212 e. The van der Waals surface area contributed by atoms with E-state index in [9.17, 15) is 13.2 Å². The van der Waals surface area contributed by atoms with Gasteiger partial charge in [0, 0.05) is 18.0 Å². The van der Waals surface area contributed by atoms with E-state index in [1.165, 1.54) is 30.5 Å². The Labute approximate surface area is 186 Å². The van der Waals surface area contributed by atoms with Crippen molar-refractivity contribution < 1.29 is 13.2 Å². The number of nitrogens with zero attached hydrogens (tertiary/aromatic N) is 5. The zero-order valence-electron chi connectivity index (χ0n) is 17.4. The number of rotatable bonds is 3. The lowest BCUT2D eigenvalue weighted by Gasteiger charge is -2.46. The molecule has 8 heteroatoms. The molecule has 3 aliphatic carbocycles. The molecule has 4 atom stereocenters. The molecule has 162 valence electrons. The third kappa shape index (κ3) is 2.16. The predicted molar refractivity (Wildman–Crippen MR) is 112 cm³/mol. The zero-order valence-corrected chi connectivity index (χ0v) is 17.4. The fourth-order valence-corrected chi connectivity index (χ4v) is 6.41. The Balaban J connectivity index is 1.37. The monoisotopic (exact) mass is 443 g/mol. The molecule has 0 radical (unpaired) electrons. The van der Waals surface area contributed by atoms with Crippen molar-refractivity contribution in [2.24, 2.45) is 11.3 Å². The minimum absolute atomic E-state index is 0.0664. The first-order valence-corrected chi connectivity index (χ1v) is 10.7. The second-order valence-electron chi connectivity index (χ2n) is 9.24. The molecular weight excluding hydrogens is 427 g/mol. The predicted octanol–water partition coefficient (Wildman–Crippen LogP) is 4.84. The Kier molecular flexibility index (Phi) is 3.43. The van der Waals surface area contributed by atoms with Gasteiger partial charge in [-0.2, -0.15) is 9.49 Å². The molecule has 4 aromatic rings. The standard InChI is InChI=1S/C25H16F3N5/c1-24-14-10-25(24,18-7-8-29-23(31-18)12-5-6-19(28)30-11-12)22-13(21(14)24)9-17(32-33-22)20-15(26)3-2-4-16(20)27/h2-9,11,14,21H,10H2,1H3/t14?,21-,24?,25+/m1/s1. The maximum atomic E-state index is 14.4. The van der Waals surface area contributed by atoms with Gasteiger partial charge < -0.3 is 0 Å². The van der Waals surface area contributed by atoms with E-state index in [2.05, 4.69) is 27.1 Å². The lowest BCUT2D eigenvalue weighted by molar-refractivity contribution is 0.159. The summed E-state index contributed by atoms with van der Waals surface area (Å²) in [6, 6.07) is 10.3. The number of fused-ring (bicyclic) bond motifs is 4. The summed E-state index contributed by atoms with van der Waals surface area (Å²) in [7, 11) is 0. The van der Waals surface area contributed by atoms with E-state index in [0.717, 1.165) is 23.4 Å². The molecule has 1 aromatic carbocycles. The van der Waals surface area contributed by atoms with Crippen molar-refractivity contribution in [3.8, 4) is 22.6 Å². The average molecular weight is 443 g/mol. The van der Waals surface area contributed by atoms with Gasteiger partial charge in [0.25, 0.3) is 0 Å². The summed E-state index contributed by atoms with van der Waals surface area (Å²) < 4.78 is 42.0. The Morgan fingerprint density at radius 2 is 1.79 bits per heavy atom. The molecule has 2 unspecified atom stereocenters. The van der Waals surface area contributed by atoms with Crippen LogP contribution in [0.15, 0.2) is 54.9 Å². The van der Waals surface area contributed by atoms with E-state index in [1.807, 2.05) is 6.07 Å². The quantitative estimate of drug-likeness (QED) is 0.424. The highest BCUT2D eigenvalue weighted by Gasteiger charge is 2.87. The Hall–Kier alpha value is -3.68. The van der Waals surface area contributed by atoms with E-state index in [1.54, 1.807) is 18.3 Å². The van der Waals surface area contributed by atoms with Crippen LogP contribution in [0, 0.1) is 28.9 Å². The van der Waals surface area contributed by atoms with Crippen LogP contribution in [0.2, 0.25) is 0 Å². The average Bonchev–Trinajstić information content (AvgIpc) is 3.25. The van der Waals surface area contributed by atoms with Crippen LogP contribution in [0.1, 0.15) is 36.2 Å². The molecule has 3 aliphatic rings. The summed E-state index contributed by atoms with van der Waals surface area (Å²) in [6.45, 7) is 2.22. The minimum Gasteiger partial charge on any atom is -0.237 e. The van der Waals surface area contributed by atoms with Crippen molar-refractivity contribution >= 4 is 0 Å². The van der Waals surface area contributed by atoms with Crippen LogP contribution in [-0.4, -0.2) is 25.1 Å². The molecular formula is C25H16F3N5. The first-order chi connectivity index (χ1) is 15.9. The molecule has 0 bridgehead atoms. The summed E-state index contributed by atoms with van der Waals surface area (Å²) in [5.74, 6) is -0.695.